The number of alkyl halides is 3. The van der Waals surface area contributed by atoms with Crippen LogP contribution in [0.3, 0.4) is 0 Å². The van der Waals surface area contributed by atoms with Crippen molar-refractivity contribution in [2.24, 2.45) is 16.1 Å². The van der Waals surface area contributed by atoms with Crippen molar-refractivity contribution in [3.05, 3.63) is 107 Å². The van der Waals surface area contributed by atoms with E-state index in [9.17, 15) is 33.0 Å². The summed E-state index contributed by atoms with van der Waals surface area (Å²) >= 11 is 0. The van der Waals surface area contributed by atoms with E-state index in [0.717, 1.165) is 6.07 Å². The molecule has 4 aromatic rings. The van der Waals surface area contributed by atoms with Crippen LogP contribution in [0.4, 0.5) is 18.9 Å². The Morgan fingerprint density at radius 2 is 1.64 bits per heavy atom. The van der Waals surface area contributed by atoms with Gasteiger partial charge in [0.25, 0.3) is 0 Å². The molecular weight excluding hydrogens is 511 g/mol. The first-order valence-corrected chi connectivity index (χ1v) is 11.7. The van der Waals surface area contributed by atoms with Crippen molar-refractivity contribution in [2.75, 3.05) is 0 Å². The second-order valence-electron chi connectivity index (χ2n) is 8.90. The summed E-state index contributed by atoms with van der Waals surface area (Å²) in [7, 11) is 0. The Hall–Kier alpha value is -4.99. The average Bonchev–Trinajstić information content (AvgIpc) is 3.18. The van der Waals surface area contributed by atoms with Crippen LogP contribution in [-0.2, 0) is 15.8 Å². The number of para-hydroxylation sites is 1. The lowest BCUT2D eigenvalue weighted by molar-refractivity contribution is -0.143. The van der Waals surface area contributed by atoms with E-state index in [2.05, 4.69) is 10.2 Å². The molecule has 1 heterocycles. The van der Waals surface area contributed by atoms with Crippen molar-refractivity contribution in [3.63, 3.8) is 0 Å². The van der Waals surface area contributed by atoms with E-state index in [1.807, 2.05) is 0 Å². The van der Waals surface area contributed by atoms with Crippen molar-refractivity contribution in [2.45, 2.75) is 13.1 Å². The average molecular weight is 531 g/mol. The van der Waals surface area contributed by atoms with E-state index in [1.54, 1.807) is 54.6 Å². The predicted octanol–water partition coefficient (Wildman–Crippen LogP) is 7.00. The molecule has 0 fully saturated rings. The maximum atomic E-state index is 13.6. The highest BCUT2D eigenvalue weighted by atomic mass is 19.4. The molecular formula is C29H20F3N3O4. The normalized spacial score (nSPS) is 16.0. The number of aromatic hydroxyl groups is 1. The van der Waals surface area contributed by atoms with Crippen molar-refractivity contribution < 1.29 is 33.0 Å². The van der Waals surface area contributed by atoms with Crippen LogP contribution in [0, 0.1) is 12.8 Å². The third-order valence-electron chi connectivity index (χ3n) is 6.47. The summed E-state index contributed by atoms with van der Waals surface area (Å²) in [6, 6.07) is 18.8. The van der Waals surface area contributed by atoms with E-state index >= 15 is 0 Å². The molecule has 39 heavy (non-hydrogen) atoms. The van der Waals surface area contributed by atoms with Gasteiger partial charge in [-0.05, 0) is 47.9 Å². The minimum Gasteiger partial charge on any atom is -0.493 e. The number of fused-ring (bicyclic) bond motifs is 1. The highest BCUT2D eigenvalue weighted by Gasteiger charge is 2.36. The van der Waals surface area contributed by atoms with Gasteiger partial charge in [-0.1, -0.05) is 60.7 Å². The number of carbonyl (C=O) groups is 2. The third-order valence-corrected chi connectivity index (χ3v) is 6.47. The molecule has 0 saturated heterocycles. The summed E-state index contributed by atoms with van der Waals surface area (Å²) in [5.74, 6) is -4.13. The number of benzene rings is 3. The van der Waals surface area contributed by atoms with Gasteiger partial charge in [0.2, 0.25) is 11.7 Å². The lowest BCUT2D eigenvalue weighted by atomic mass is 9.84. The predicted molar refractivity (Wildman–Crippen MR) is 138 cm³/mol. The van der Waals surface area contributed by atoms with Gasteiger partial charge in [-0.15, -0.1) is 10.2 Å². The molecule has 1 aliphatic carbocycles. The molecule has 1 unspecified atom stereocenters. The Bertz CT molecular complexity index is 1720. The second-order valence-corrected chi connectivity index (χ2v) is 8.90. The summed E-state index contributed by atoms with van der Waals surface area (Å²) in [6.07, 6.45) is -1.76. The number of halogens is 3. The van der Waals surface area contributed by atoms with E-state index < -0.39 is 35.3 Å². The van der Waals surface area contributed by atoms with Crippen molar-refractivity contribution >= 4 is 33.9 Å². The van der Waals surface area contributed by atoms with Crippen LogP contribution in [-0.4, -0.2) is 26.5 Å². The first-order valence-electron chi connectivity index (χ1n) is 11.7. The number of carbonyl (C=O) groups excluding carboxylic acids is 1. The smallest absolute Gasteiger partial charge is 0.416 e. The minimum atomic E-state index is -4.60. The fraction of sp³-hybridized carbons (Fsp3) is 0.103. The lowest BCUT2D eigenvalue weighted by Crippen LogP contribution is -2.28. The zero-order valence-corrected chi connectivity index (χ0v) is 20.3. The standard InChI is InChI=1S/C29H20F3N3O4/c1-16-11-12-18(15-21(16)29(30,31)32)35-23-10-6-5-9-20(23)25(27(35)37)34-33-22-14-13-19(17-7-3-2-4-8-17)24(26(22)36)28(38)39/h2-15,24,37H,1H3,(H,38,39). The minimum absolute atomic E-state index is 0.0285. The number of hydrogen-bond acceptors (Lipinski definition) is 5. The lowest BCUT2D eigenvalue weighted by Gasteiger charge is -2.18. The molecule has 0 saturated carbocycles. The topological polar surface area (TPSA) is 104 Å². The number of aromatic nitrogens is 1. The van der Waals surface area contributed by atoms with Crippen molar-refractivity contribution in [3.8, 4) is 11.6 Å². The Balaban J connectivity index is 1.60. The molecule has 1 aliphatic rings. The van der Waals surface area contributed by atoms with Gasteiger partial charge in [-0.25, -0.2) is 0 Å². The first-order chi connectivity index (χ1) is 18.6. The zero-order valence-electron chi connectivity index (χ0n) is 20.3. The third kappa shape index (κ3) is 4.61. The Morgan fingerprint density at radius 3 is 2.33 bits per heavy atom. The van der Waals surface area contributed by atoms with Crippen LogP contribution < -0.4 is 0 Å². The van der Waals surface area contributed by atoms with Gasteiger partial charge in [0.05, 0.1) is 11.1 Å². The number of nitrogens with zero attached hydrogens (tertiary/aromatic N) is 3. The maximum absolute atomic E-state index is 13.6. The summed E-state index contributed by atoms with van der Waals surface area (Å²) in [5.41, 5.74) is 0.136. The van der Waals surface area contributed by atoms with Crippen molar-refractivity contribution in [1.82, 2.24) is 4.57 Å². The molecule has 7 nitrogen and oxygen atoms in total. The molecule has 0 radical (unpaired) electrons. The number of carboxylic acids is 1. The van der Waals surface area contributed by atoms with Gasteiger partial charge in [-0.2, -0.15) is 13.2 Å². The van der Waals surface area contributed by atoms with Crippen LogP contribution in [0.25, 0.3) is 22.2 Å². The zero-order chi connectivity index (χ0) is 27.9. The van der Waals surface area contributed by atoms with Gasteiger partial charge in [0.1, 0.15) is 11.6 Å². The fourth-order valence-electron chi connectivity index (χ4n) is 4.59. The number of azo groups is 1. The quantitative estimate of drug-likeness (QED) is 0.214. The first kappa shape index (κ1) is 25.7. The number of aryl methyl sites for hydroxylation is 1. The van der Waals surface area contributed by atoms with Crippen LogP contribution in [0.1, 0.15) is 16.7 Å². The maximum Gasteiger partial charge on any atom is 0.416 e. The van der Waals surface area contributed by atoms with Crippen molar-refractivity contribution in [1.29, 1.82) is 0 Å². The molecule has 0 amide bonds. The molecule has 10 heteroatoms. The largest absolute Gasteiger partial charge is 0.493 e. The molecule has 0 spiro atoms. The van der Waals surface area contributed by atoms with E-state index in [4.69, 9.17) is 0 Å². The Kier molecular flexibility index (Phi) is 6.39. The molecule has 2 N–H and O–H groups in total. The number of allylic oxidation sites excluding steroid dienone is 3. The summed E-state index contributed by atoms with van der Waals surface area (Å²) in [6.45, 7) is 1.34. The van der Waals surface area contributed by atoms with Gasteiger partial charge >= 0.3 is 12.1 Å². The number of carboxylic acid groups (broad SMARTS) is 1. The van der Waals surface area contributed by atoms with E-state index in [-0.39, 0.29) is 22.6 Å². The number of Topliss-reactive ketones (excluding diaryl/α,β-unsaturated/α-hetero) is 1. The SMILES string of the molecule is Cc1ccc(-n2c(O)c(N=NC3=CC=C(c4ccccc4)C(C(=O)O)C3=O)c3ccccc32)cc1C(F)(F)F. The second kappa shape index (κ2) is 9.71. The van der Waals surface area contributed by atoms with Crippen LogP contribution in [0.2, 0.25) is 0 Å². The van der Waals surface area contributed by atoms with Crippen LogP contribution in [0.5, 0.6) is 5.88 Å². The van der Waals surface area contributed by atoms with E-state index in [0.29, 0.717) is 22.0 Å². The molecule has 1 aromatic heterocycles. The molecule has 1 atom stereocenters. The molecule has 196 valence electrons. The summed E-state index contributed by atoms with van der Waals surface area (Å²) < 4.78 is 41.9. The summed E-state index contributed by atoms with van der Waals surface area (Å²) in [5, 5.41) is 29.2. The van der Waals surface area contributed by atoms with Gasteiger partial charge < -0.3 is 10.2 Å². The van der Waals surface area contributed by atoms with Crippen LogP contribution in [0.15, 0.2) is 101 Å². The van der Waals surface area contributed by atoms with E-state index in [1.165, 1.54) is 35.8 Å². The number of ketones is 1. The molecule has 0 bridgehead atoms. The number of aliphatic carboxylic acids is 1. The Labute approximate surface area is 219 Å². The highest BCUT2D eigenvalue weighted by Crippen LogP contribution is 2.43. The molecule has 0 aliphatic heterocycles. The van der Waals surface area contributed by atoms with Gasteiger partial charge in [0, 0.05) is 11.1 Å². The number of rotatable bonds is 5. The number of hydrogen-bond donors (Lipinski definition) is 2. The van der Waals surface area contributed by atoms with Crippen LogP contribution >= 0.6 is 0 Å². The Morgan fingerprint density at radius 1 is 0.949 bits per heavy atom. The highest BCUT2D eigenvalue weighted by molar-refractivity contribution is 6.17. The van der Waals surface area contributed by atoms with Gasteiger partial charge in [0.15, 0.2) is 5.69 Å². The fourth-order valence-corrected chi connectivity index (χ4v) is 4.59. The monoisotopic (exact) mass is 531 g/mol. The summed E-state index contributed by atoms with van der Waals surface area (Å²) in [4.78, 5) is 25.1. The molecule has 5 rings (SSSR count). The van der Waals surface area contributed by atoms with Gasteiger partial charge in [-0.3, -0.25) is 14.2 Å². The molecule has 3 aromatic carbocycles.